The normalized spacial score (nSPS) is 11.7. The van der Waals surface area contributed by atoms with Crippen molar-refractivity contribution in [3.05, 3.63) is 29.8 Å². The molecule has 0 aliphatic rings. The van der Waals surface area contributed by atoms with Crippen LogP contribution in [0.15, 0.2) is 24.3 Å². The number of hydrogen-bond acceptors (Lipinski definition) is 4. The molecule has 0 saturated heterocycles. The Kier molecular flexibility index (Phi) is 5.31. The Bertz CT molecular complexity index is 543. The van der Waals surface area contributed by atoms with Crippen LogP contribution in [0.25, 0.3) is 0 Å². The summed E-state index contributed by atoms with van der Waals surface area (Å²) in [5.41, 5.74) is 12.0. The average molecular weight is 285 g/mol. The Morgan fingerprint density at radius 2 is 1.95 bits per heavy atom. The number of nitrogen functional groups attached to an aromatic ring is 1. The van der Waals surface area contributed by atoms with Gasteiger partial charge in [0.1, 0.15) is 0 Å². The van der Waals surface area contributed by atoms with Crippen LogP contribution in [-0.2, 0) is 21.4 Å². The highest BCUT2D eigenvalue weighted by Gasteiger charge is 2.23. The van der Waals surface area contributed by atoms with Crippen molar-refractivity contribution in [2.24, 2.45) is 5.73 Å². The molecule has 0 heterocycles. The van der Waals surface area contributed by atoms with Crippen molar-refractivity contribution in [2.75, 3.05) is 18.0 Å². The second-order valence-electron chi connectivity index (χ2n) is 4.25. The molecule has 7 heteroatoms. The average Bonchev–Trinajstić information content (AvgIpc) is 2.30. The molecule has 0 fully saturated rings. The minimum absolute atomic E-state index is 0.0208. The number of nitrogens with two attached hydrogens (primary N) is 2. The molecule has 106 valence electrons. The minimum Gasteiger partial charge on any atom is -0.398 e. The number of anilines is 1. The lowest BCUT2D eigenvalue weighted by Crippen LogP contribution is -2.39. The fraction of sp³-hybridized carbons (Fsp3) is 0.417. The van der Waals surface area contributed by atoms with Crippen LogP contribution in [0.3, 0.4) is 0 Å². The SMILES string of the molecule is CCCS(=O)(=O)N(CC(N)=O)Cc1ccccc1N. The van der Waals surface area contributed by atoms with Crippen LogP contribution < -0.4 is 11.5 Å². The molecule has 4 N–H and O–H groups in total. The first-order valence-corrected chi connectivity index (χ1v) is 7.57. The van der Waals surface area contributed by atoms with E-state index in [2.05, 4.69) is 0 Å². The fourth-order valence-electron chi connectivity index (χ4n) is 1.68. The summed E-state index contributed by atoms with van der Waals surface area (Å²) < 4.78 is 25.2. The minimum atomic E-state index is -3.51. The molecule has 0 radical (unpaired) electrons. The molecule has 0 atom stereocenters. The smallest absolute Gasteiger partial charge is 0.232 e. The van der Waals surface area contributed by atoms with Gasteiger partial charge in [-0.3, -0.25) is 4.79 Å². The maximum atomic E-state index is 12.1. The van der Waals surface area contributed by atoms with Crippen LogP contribution in [0.5, 0.6) is 0 Å². The molecule has 6 nitrogen and oxygen atoms in total. The molecule has 1 rings (SSSR count). The molecule has 1 amide bonds. The Balaban J connectivity index is 2.99. The molecule has 0 aliphatic carbocycles. The van der Waals surface area contributed by atoms with Crippen molar-refractivity contribution in [3.63, 3.8) is 0 Å². The zero-order chi connectivity index (χ0) is 14.5. The van der Waals surface area contributed by atoms with E-state index >= 15 is 0 Å². The number of carbonyl (C=O) groups is 1. The first-order valence-electron chi connectivity index (χ1n) is 5.96. The maximum absolute atomic E-state index is 12.1. The Labute approximate surface area is 113 Å². The number of sulfonamides is 1. The van der Waals surface area contributed by atoms with E-state index in [9.17, 15) is 13.2 Å². The second-order valence-corrected chi connectivity index (χ2v) is 6.34. The highest BCUT2D eigenvalue weighted by molar-refractivity contribution is 7.89. The van der Waals surface area contributed by atoms with Gasteiger partial charge in [-0.15, -0.1) is 0 Å². The summed E-state index contributed by atoms with van der Waals surface area (Å²) in [4.78, 5) is 11.0. The van der Waals surface area contributed by atoms with E-state index in [1.807, 2.05) is 0 Å². The van der Waals surface area contributed by atoms with Gasteiger partial charge in [0, 0.05) is 12.2 Å². The maximum Gasteiger partial charge on any atom is 0.232 e. The molecule has 0 spiro atoms. The van der Waals surface area contributed by atoms with Gasteiger partial charge in [-0.2, -0.15) is 4.31 Å². The summed E-state index contributed by atoms with van der Waals surface area (Å²) in [5, 5.41) is 0. The summed E-state index contributed by atoms with van der Waals surface area (Å²) in [6.07, 6.45) is 0.474. The molecule has 0 aliphatic heterocycles. The van der Waals surface area contributed by atoms with E-state index in [0.29, 0.717) is 17.7 Å². The monoisotopic (exact) mass is 285 g/mol. The summed E-state index contributed by atoms with van der Waals surface area (Å²) in [6, 6.07) is 6.94. The predicted octanol–water partition coefficient (Wildman–Crippen LogP) is 0.296. The topological polar surface area (TPSA) is 106 Å². The van der Waals surface area contributed by atoms with Gasteiger partial charge in [-0.05, 0) is 18.1 Å². The number of benzene rings is 1. The molecule has 19 heavy (non-hydrogen) atoms. The van der Waals surface area contributed by atoms with Gasteiger partial charge in [0.15, 0.2) is 0 Å². The van der Waals surface area contributed by atoms with Gasteiger partial charge in [-0.1, -0.05) is 25.1 Å². The highest BCUT2D eigenvalue weighted by Crippen LogP contribution is 2.16. The van der Waals surface area contributed by atoms with Crippen molar-refractivity contribution >= 4 is 21.6 Å². The first kappa shape index (κ1) is 15.5. The Morgan fingerprint density at radius 1 is 1.32 bits per heavy atom. The molecule has 1 aromatic rings. The predicted molar refractivity (Wildman–Crippen MR) is 74.5 cm³/mol. The van der Waals surface area contributed by atoms with Crippen molar-refractivity contribution in [1.82, 2.24) is 4.31 Å². The summed E-state index contributed by atoms with van der Waals surface area (Å²) in [7, 11) is -3.51. The van der Waals surface area contributed by atoms with E-state index in [1.165, 1.54) is 0 Å². The van der Waals surface area contributed by atoms with Gasteiger partial charge in [0.2, 0.25) is 15.9 Å². The van der Waals surface area contributed by atoms with Crippen LogP contribution >= 0.6 is 0 Å². The summed E-state index contributed by atoms with van der Waals surface area (Å²) in [6.45, 7) is 1.48. The zero-order valence-corrected chi connectivity index (χ0v) is 11.7. The van der Waals surface area contributed by atoms with Crippen molar-refractivity contribution in [1.29, 1.82) is 0 Å². The molecule has 0 unspecified atom stereocenters. The molecule has 0 aromatic heterocycles. The summed E-state index contributed by atoms with van der Waals surface area (Å²) in [5.74, 6) is -0.707. The number of primary amides is 1. The number of amides is 1. The first-order chi connectivity index (χ1) is 8.86. The van der Waals surface area contributed by atoms with Gasteiger partial charge in [0.05, 0.1) is 12.3 Å². The summed E-state index contributed by atoms with van der Waals surface area (Å²) >= 11 is 0. The van der Waals surface area contributed by atoms with Crippen molar-refractivity contribution in [3.8, 4) is 0 Å². The molecular formula is C12H19N3O3S. The number of nitrogens with zero attached hydrogens (tertiary/aromatic N) is 1. The van der Waals surface area contributed by atoms with Gasteiger partial charge >= 0.3 is 0 Å². The van der Waals surface area contributed by atoms with Crippen LogP contribution in [0.1, 0.15) is 18.9 Å². The Morgan fingerprint density at radius 3 is 2.47 bits per heavy atom. The second kappa shape index (κ2) is 6.53. The molecular weight excluding hydrogens is 266 g/mol. The van der Waals surface area contributed by atoms with Crippen LogP contribution in [0, 0.1) is 0 Å². The molecule has 0 bridgehead atoms. The quantitative estimate of drug-likeness (QED) is 0.702. The van der Waals surface area contributed by atoms with Crippen molar-refractivity contribution < 1.29 is 13.2 Å². The Hall–Kier alpha value is -1.60. The largest absolute Gasteiger partial charge is 0.398 e. The highest BCUT2D eigenvalue weighted by atomic mass is 32.2. The lowest BCUT2D eigenvalue weighted by molar-refractivity contribution is -0.118. The lowest BCUT2D eigenvalue weighted by atomic mass is 10.2. The van der Waals surface area contributed by atoms with E-state index in [4.69, 9.17) is 11.5 Å². The third-order valence-electron chi connectivity index (χ3n) is 2.59. The van der Waals surface area contributed by atoms with E-state index in [1.54, 1.807) is 31.2 Å². The third-order valence-corrected chi connectivity index (χ3v) is 4.56. The zero-order valence-electron chi connectivity index (χ0n) is 10.9. The molecule has 0 saturated carbocycles. The van der Waals surface area contributed by atoms with Gasteiger partial charge in [0.25, 0.3) is 0 Å². The van der Waals surface area contributed by atoms with Gasteiger partial charge in [-0.25, -0.2) is 8.42 Å². The number of carbonyl (C=O) groups excluding carboxylic acids is 1. The fourth-order valence-corrected chi connectivity index (χ4v) is 3.12. The van der Waals surface area contributed by atoms with E-state index in [-0.39, 0.29) is 18.8 Å². The molecule has 1 aromatic carbocycles. The van der Waals surface area contributed by atoms with Crippen LogP contribution in [0.2, 0.25) is 0 Å². The third kappa shape index (κ3) is 4.53. The van der Waals surface area contributed by atoms with Crippen LogP contribution in [-0.4, -0.2) is 30.9 Å². The van der Waals surface area contributed by atoms with Crippen LogP contribution in [0.4, 0.5) is 5.69 Å². The number of rotatable bonds is 7. The van der Waals surface area contributed by atoms with Gasteiger partial charge < -0.3 is 11.5 Å². The van der Waals surface area contributed by atoms with E-state index in [0.717, 1.165) is 4.31 Å². The standard InChI is InChI=1S/C12H19N3O3S/c1-2-7-19(17,18)15(9-12(14)16)8-10-5-3-4-6-11(10)13/h3-6H,2,7-9,13H2,1H3,(H2,14,16). The lowest BCUT2D eigenvalue weighted by Gasteiger charge is -2.21. The number of para-hydroxylation sites is 1. The number of hydrogen-bond donors (Lipinski definition) is 2. The van der Waals surface area contributed by atoms with Crippen molar-refractivity contribution in [2.45, 2.75) is 19.9 Å². The van der Waals surface area contributed by atoms with E-state index < -0.39 is 15.9 Å².